The van der Waals surface area contributed by atoms with Crippen molar-refractivity contribution in [2.75, 3.05) is 11.2 Å². The average molecular weight is 583 g/mol. The molecule has 0 bridgehead atoms. The molecule has 1 fully saturated rings. The molecular formula is C26H30ClF3N6O2S. The van der Waals surface area contributed by atoms with Crippen LogP contribution in [0, 0.1) is 12.8 Å². The van der Waals surface area contributed by atoms with Gasteiger partial charge in [0.05, 0.1) is 4.88 Å². The van der Waals surface area contributed by atoms with Crippen molar-refractivity contribution in [3.05, 3.63) is 65.2 Å². The van der Waals surface area contributed by atoms with Crippen LogP contribution in [0.1, 0.15) is 48.4 Å². The number of carbonyl (C=O) groups excluding carboxylic acids is 1. The van der Waals surface area contributed by atoms with Crippen LogP contribution >= 0.6 is 22.9 Å². The van der Waals surface area contributed by atoms with Gasteiger partial charge in [-0.15, -0.1) is 22.9 Å². The lowest BCUT2D eigenvalue weighted by Crippen LogP contribution is -2.26. The summed E-state index contributed by atoms with van der Waals surface area (Å²) in [6.45, 7) is 1.87. The van der Waals surface area contributed by atoms with E-state index < -0.39 is 17.5 Å². The number of anilines is 2. The molecule has 6 N–H and O–H groups in total. The lowest BCUT2D eigenvalue weighted by atomic mass is 9.94. The fourth-order valence-electron chi connectivity index (χ4n) is 4.20. The number of carbonyl (C=O) groups is 1. The Hall–Kier alpha value is -3.22. The maximum Gasteiger partial charge on any atom is 0.433 e. The standard InChI is InChI=1S/C23H24F3N5O2S.C3H6ClN/c1-13-9-15(11-16(10-13)30-21-28-8-5-18(31-21)23(24,25)26)17-12-29-20(34-17)22(33)6-2-3-14(4-7-22)19(27)32;4-2-1-3-5/h5,8-12,14,33H,2-4,6-7H2,1H3,(H2,27,32)(H,28,30,31);1,3H,2,5H2/b;3-1-/t14-,22-;/m0./s1. The number of aliphatic hydroxyl groups is 1. The van der Waals surface area contributed by atoms with Crippen LogP contribution in [-0.2, 0) is 16.6 Å². The van der Waals surface area contributed by atoms with E-state index in [2.05, 4.69) is 20.3 Å². The molecule has 1 aromatic carbocycles. The number of hydrogen-bond acceptors (Lipinski definition) is 8. The van der Waals surface area contributed by atoms with Crippen molar-refractivity contribution in [1.82, 2.24) is 15.0 Å². The molecule has 2 atom stereocenters. The molecule has 0 saturated heterocycles. The molecule has 4 rings (SSSR count). The predicted octanol–water partition coefficient (Wildman–Crippen LogP) is 5.62. The Morgan fingerprint density at radius 2 is 2.05 bits per heavy atom. The second kappa shape index (κ2) is 13.2. The van der Waals surface area contributed by atoms with Crippen molar-refractivity contribution < 1.29 is 23.1 Å². The van der Waals surface area contributed by atoms with Gasteiger partial charge in [0, 0.05) is 29.9 Å². The van der Waals surface area contributed by atoms with Gasteiger partial charge < -0.3 is 21.9 Å². The third-order valence-corrected chi connectivity index (χ3v) is 7.56. The zero-order valence-corrected chi connectivity index (χ0v) is 22.8. The first-order chi connectivity index (χ1) is 18.4. The maximum absolute atomic E-state index is 13.0. The Morgan fingerprint density at radius 3 is 2.69 bits per heavy atom. The molecule has 0 unspecified atom stereocenters. The molecule has 2 heterocycles. The zero-order valence-electron chi connectivity index (χ0n) is 21.2. The monoisotopic (exact) mass is 582 g/mol. The van der Waals surface area contributed by atoms with Crippen LogP contribution in [0.5, 0.6) is 0 Å². The molecule has 1 amide bonds. The molecule has 0 spiro atoms. The molecule has 2 aromatic heterocycles. The van der Waals surface area contributed by atoms with E-state index in [1.165, 1.54) is 17.5 Å². The summed E-state index contributed by atoms with van der Waals surface area (Å²) >= 11 is 6.49. The fourth-order valence-corrected chi connectivity index (χ4v) is 5.35. The second-order valence-corrected chi connectivity index (χ2v) is 10.5. The lowest BCUT2D eigenvalue weighted by molar-refractivity contribution is -0.141. The molecule has 3 aromatic rings. The smallest absolute Gasteiger partial charge is 0.405 e. The molecule has 1 aliphatic carbocycles. The number of rotatable bonds is 6. The first kappa shape index (κ1) is 30.3. The summed E-state index contributed by atoms with van der Waals surface area (Å²) in [4.78, 5) is 24.3. The SMILES string of the molecule is Cc1cc(Nc2nccc(C(F)(F)F)n2)cc(-c2cnc([C@]3(O)CCC[C@H](C(N)=O)CC3)s2)c1.N/C=C\CCl. The van der Waals surface area contributed by atoms with E-state index >= 15 is 0 Å². The normalized spacial score (nSPS) is 19.7. The average Bonchev–Trinajstić information content (AvgIpc) is 3.29. The summed E-state index contributed by atoms with van der Waals surface area (Å²) in [5.41, 5.74) is 10.4. The third-order valence-electron chi connectivity index (χ3n) is 6.14. The predicted molar refractivity (Wildman–Crippen MR) is 146 cm³/mol. The highest BCUT2D eigenvalue weighted by molar-refractivity contribution is 7.15. The second-order valence-electron chi connectivity index (χ2n) is 9.15. The summed E-state index contributed by atoms with van der Waals surface area (Å²) in [6.07, 6.45) is 4.00. The number of benzene rings is 1. The number of primary amides is 1. The highest BCUT2D eigenvalue weighted by Crippen LogP contribution is 2.41. The van der Waals surface area contributed by atoms with Gasteiger partial charge in [0.2, 0.25) is 11.9 Å². The Kier molecular flexibility index (Phi) is 10.3. The van der Waals surface area contributed by atoms with E-state index in [1.54, 1.807) is 24.4 Å². The van der Waals surface area contributed by atoms with Crippen LogP contribution in [0.15, 0.2) is 48.9 Å². The highest BCUT2D eigenvalue weighted by Gasteiger charge is 2.36. The number of nitrogens with one attached hydrogen (secondary N) is 1. The zero-order chi connectivity index (χ0) is 28.6. The van der Waals surface area contributed by atoms with Crippen LogP contribution in [-0.4, -0.2) is 31.8 Å². The van der Waals surface area contributed by atoms with Crippen molar-refractivity contribution in [1.29, 1.82) is 0 Å². The van der Waals surface area contributed by atoms with Gasteiger partial charge in [-0.1, -0.05) is 12.1 Å². The minimum Gasteiger partial charge on any atom is -0.405 e. The molecule has 0 aliphatic heterocycles. The Balaban J connectivity index is 0.000000771. The Morgan fingerprint density at radius 1 is 1.28 bits per heavy atom. The largest absolute Gasteiger partial charge is 0.433 e. The molecule has 39 heavy (non-hydrogen) atoms. The fraction of sp³-hybridized carbons (Fsp3) is 0.385. The van der Waals surface area contributed by atoms with Crippen LogP contribution < -0.4 is 16.8 Å². The minimum atomic E-state index is -4.56. The van der Waals surface area contributed by atoms with Crippen LogP contribution in [0.25, 0.3) is 10.4 Å². The van der Waals surface area contributed by atoms with E-state index in [1.807, 2.05) is 13.0 Å². The third kappa shape index (κ3) is 8.38. The molecule has 210 valence electrons. The molecule has 13 heteroatoms. The van der Waals surface area contributed by atoms with Gasteiger partial charge in [0.1, 0.15) is 16.3 Å². The number of allylic oxidation sites excluding steroid dienone is 1. The molecule has 1 saturated carbocycles. The number of amides is 1. The first-order valence-corrected chi connectivity index (χ1v) is 13.5. The summed E-state index contributed by atoms with van der Waals surface area (Å²) < 4.78 is 38.9. The van der Waals surface area contributed by atoms with Gasteiger partial charge in [-0.05, 0) is 74.6 Å². The quantitative estimate of drug-likeness (QED) is 0.218. The number of alkyl halides is 4. The number of aryl methyl sites for hydroxylation is 1. The van der Waals surface area contributed by atoms with E-state index in [-0.39, 0.29) is 17.8 Å². The summed E-state index contributed by atoms with van der Waals surface area (Å²) in [5.74, 6) is -0.227. The Labute approximate surface area is 233 Å². The number of nitrogens with zero attached hydrogens (tertiary/aromatic N) is 3. The van der Waals surface area contributed by atoms with Crippen molar-refractivity contribution in [3.63, 3.8) is 0 Å². The number of aromatic nitrogens is 3. The number of nitrogens with two attached hydrogens (primary N) is 2. The van der Waals surface area contributed by atoms with Crippen molar-refractivity contribution in [3.8, 4) is 10.4 Å². The summed E-state index contributed by atoms with van der Waals surface area (Å²) in [6, 6.07) is 6.29. The maximum atomic E-state index is 13.0. The topological polar surface area (TPSA) is 140 Å². The van der Waals surface area contributed by atoms with Crippen LogP contribution in [0.3, 0.4) is 0 Å². The molecule has 0 radical (unpaired) electrons. The van der Waals surface area contributed by atoms with Crippen LogP contribution in [0.4, 0.5) is 24.8 Å². The summed E-state index contributed by atoms with van der Waals surface area (Å²) in [7, 11) is 0. The molecule has 8 nitrogen and oxygen atoms in total. The van der Waals surface area contributed by atoms with Crippen molar-refractivity contribution in [2.24, 2.45) is 17.4 Å². The highest BCUT2D eigenvalue weighted by atomic mass is 35.5. The van der Waals surface area contributed by atoms with Gasteiger partial charge >= 0.3 is 6.18 Å². The van der Waals surface area contributed by atoms with E-state index in [0.29, 0.717) is 48.7 Å². The van der Waals surface area contributed by atoms with E-state index in [0.717, 1.165) is 28.3 Å². The van der Waals surface area contributed by atoms with Gasteiger partial charge in [-0.2, -0.15) is 13.2 Å². The first-order valence-electron chi connectivity index (χ1n) is 12.1. The molecule has 1 aliphatic rings. The van der Waals surface area contributed by atoms with E-state index in [4.69, 9.17) is 23.1 Å². The van der Waals surface area contributed by atoms with Gasteiger partial charge in [0.15, 0.2) is 0 Å². The lowest BCUT2D eigenvalue weighted by Gasteiger charge is -2.23. The van der Waals surface area contributed by atoms with Crippen LogP contribution in [0.2, 0.25) is 0 Å². The van der Waals surface area contributed by atoms with Gasteiger partial charge in [-0.3, -0.25) is 4.79 Å². The van der Waals surface area contributed by atoms with Gasteiger partial charge in [-0.25, -0.2) is 15.0 Å². The Bertz CT molecular complexity index is 1300. The minimum absolute atomic E-state index is 0.159. The van der Waals surface area contributed by atoms with Crippen molar-refractivity contribution in [2.45, 2.75) is 50.8 Å². The summed E-state index contributed by atoms with van der Waals surface area (Å²) in [5, 5.41) is 14.7. The number of hydrogen-bond donors (Lipinski definition) is 4. The van der Waals surface area contributed by atoms with E-state index in [9.17, 15) is 23.1 Å². The number of halogens is 4. The number of thiazole rings is 1. The van der Waals surface area contributed by atoms with Gasteiger partial charge in [0.25, 0.3) is 0 Å². The van der Waals surface area contributed by atoms with Crippen molar-refractivity contribution >= 4 is 40.5 Å². The molecular weight excluding hydrogens is 553 g/mol.